The number of hydrogen-bond donors (Lipinski definition) is 0. The first-order valence-electron chi connectivity index (χ1n) is 3.65. The van der Waals surface area contributed by atoms with Crippen molar-refractivity contribution in [3.63, 3.8) is 0 Å². The lowest BCUT2D eigenvalue weighted by Crippen LogP contribution is -2.30. The first-order chi connectivity index (χ1) is 4.38. The SMILES string of the molecule is CCN1CCC[C@@H]1OC. The van der Waals surface area contributed by atoms with Crippen LogP contribution in [0.1, 0.15) is 19.8 Å². The largest absolute Gasteiger partial charge is 0.366 e. The quantitative estimate of drug-likeness (QED) is 0.553. The van der Waals surface area contributed by atoms with Crippen molar-refractivity contribution >= 4 is 0 Å². The molecule has 0 amide bonds. The summed E-state index contributed by atoms with van der Waals surface area (Å²) in [5.41, 5.74) is 0. The van der Waals surface area contributed by atoms with Gasteiger partial charge in [-0.15, -0.1) is 0 Å². The third-order valence-corrected chi connectivity index (χ3v) is 1.98. The van der Waals surface area contributed by atoms with Crippen molar-refractivity contribution in [3.05, 3.63) is 0 Å². The van der Waals surface area contributed by atoms with E-state index in [0.717, 1.165) is 6.54 Å². The molecule has 1 rings (SSSR count). The predicted octanol–water partition coefficient (Wildman–Crippen LogP) is 1.07. The molecule has 1 aliphatic rings. The lowest BCUT2D eigenvalue weighted by Gasteiger charge is -2.20. The molecule has 0 spiro atoms. The standard InChI is InChI=1S/C7H15NO/c1-3-8-6-4-5-7(8)9-2/h7H,3-6H2,1-2H3/t7-/m0/s1. The third-order valence-electron chi connectivity index (χ3n) is 1.98. The molecule has 0 aromatic heterocycles. The molecular formula is C7H15NO. The second kappa shape index (κ2) is 3.18. The Bertz CT molecular complexity index is 75.0. The van der Waals surface area contributed by atoms with Crippen LogP contribution in [0, 0.1) is 0 Å². The van der Waals surface area contributed by atoms with Crippen LogP contribution in [0.15, 0.2) is 0 Å². The van der Waals surface area contributed by atoms with Crippen molar-refractivity contribution in [2.75, 3.05) is 20.2 Å². The Kier molecular flexibility index (Phi) is 2.49. The van der Waals surface area contributed by atoms with Crippen molar-refractivity contribution < 1.29 is 4.74 Å². The average molecular weight is 129 g/mol. The number of nitrogens with zero attached hydrogens (tertiary/aromatic N) is 1. The highest BCUT2D eigenvalue weighted by Crippen LogP contribution is 2.15. The first-order valence-corrected chi connectivity index (χ1v) is 3.65. The molecule has 2 nitrogen and oxygen atoms in total. The van der Waals surface area contributed by atoms with Gasteiger partial charge in [-0.3, -0.25) is 4.90 Å². The van der Waals surface area contributed by atoms with Crippen molar-refractivity contribution in [1.29, 1.82) is 0 Å². The van der Waals surface area contributed by atoms with Crippen molar-refractivity contribution in [1.82, 2.24) is 4.90 Å². The Balaban J connectivity index is 2.32. The molecule has 1 heterocycles. The van der Waals surface area contributed by atoms with Crippen LogP contribution in [0.5, 0.6) is 0 Å². The Hall–Kier alpha value is -0.0800. The van der Waals surface area contributed by atoms with Gasteiger partial charge in [0.2, 0.25) is 0 Å². The molecule has 0 radical (unpaired) electrons. The molecule has 1 saturated heterocycles. The Morgan fingerprint density at radius 1 is 1.67 bits per heavy atom. The topological polar surface area (TPSA) is 12.5 Å². The van der Waals surface area contributed by atoms with E-state index in [2.05, 4.69) is 11.8 Å². The van der Waals surface area contributed by atoms with Gasteiger partial charge in [-0.05, 0) is 19.4 Å². The molecule has 9 heavy (non-hydrogen) atoms. The predicted molar refractivity (Wildman–Crippen MR) is 37.3 cm³/mol. The van der Waals surface area contributed by atoms with Crippen molar-refractivity contribution in [2.45, 2.75) is 26.0 Å². The van der Waals surface area contributed by atoms with Crippen LogP contribution >= 0.6 is 0 Å². The Morgan fingerprint density at radius 3 is 2.89 bits per heavy atom. The fraction of sp³-hybridized carbons (Fsp3) is 1.00. The monoisotopic (exact) mass is 129 g/mol. The van der Waals surface area contributed by atoms with E-state index >= 15 is 0 Å². The number of hydrogen-bond acceptors (Lipinski definition) is 2. The Labute approximate surface area is 56.8 Å². The van der Waals surface area contributed by atoms with Crippen molar-refractivity contribution in [2.24, 2.45) is 0 Å². The highest BCUT2D eigenvalue weighted by molar-refractivity contribution is 4.69. The molecule has 0 aromatic rings. The van der Waals surface area contributed by atoms with Crippen LogP contribution in [0.3, 0.4) is 0 Å². The van der Waals surface area contributed by atoms with Gasteiger partial charge in [0.05, 0.1) is 0 Å². The minimum absolute atomic E-state index is 0.412. The maximum Gasteiger partial charge on any atom is 0.110 e. The van der Waals surface area contributed by atoms with Gasteiger partial charge < -0.3 is 4.74 Å². The molecule has 0 N–H and O–H groups in total. The third kappa shape index (κ3) is 1.43. The lowest BCUT2D eigenvalue weighted by atomic mass is 10.4. The van der Waals surface area contributed by atoms with Gasteiger partial charge in [0.25, 0.3) is 0 Å². The van der Waals surface area contributed by atoms with Crippen LogP contribution in [0.25, 0.3) is 0 Å². The maximum atomic E-state index is 5.24. The number of rotatable bonds is 2. The average Bonchev–Trinajstić information content (AvgIpc) is 2.33. The lowest BCUT2D eigenvalue weighted by molar-refractivity contribution is -0.000704. The zero-order chi connectivity index (χ0) is 6.69. The van der Waals surface area contributed by atoms with Crippen LogP contribution in [0.4, 0.5) is 0 Å². The van der Waals surface area contributed by atoms with Gasteiger partial charge in [-0.1, -0.05) is 6.92 Å². The van der Waals surface area contributed by atoms with Gasteiger partial charge >= 0.3 is 0 Å². The number of methoxy groups -OCH3 is 1. The van der Waals surface area contributed by atoms with Crippen LogP contribution < -0.4 is 0 Å². The fourth-order valence-electron chi connectivity index (χ4n) is 1.42. The van der Waals surface area contributed by atoms with Gasteiger partial charge in [0, 0.05) is 13.7 Å². The summed E-state index contributed by atoms with van der Waals surface area (Å²) in [7, 11) is 1.79. The first kappa shape index (κ1) is 7.03. The van der Waals surface area contributed by atoms with Crippen LogP contribution in [-0.4, -0.2) is 31.3 Å². The van der Waals surface area contributed by atoms with E-state index in [1.54, 1.807) is 7.11 Å². The highest BCUT2D eigenvalue weighted by Gasteiger charge is 2.21. The molecule has 1 atom stereocenters. The van der Waals surface area contributed by atoms with Crippen molar-refractivity contribution in [3.8, 4) is 0 Å². The van der Waals surface area contributed by atoms with E-state index in [9.17, 15) is 0 Å². The molecule has 2 heteroatoms. The molecule has 0 unspecified atom stereocenters. The summed E-state index contributed by atoms with van der Waals surface area (Å²) >= 11 is 0. The summed E-state index contributed by atoms with van der Waals surface area (Å²) in [6.45, 7) is 4.52. The molecular weight excluding hydrogens is 114 g/mol. The van der Waals surface area contributed by atoms with Gasteiger partial charge in [-0.25, -0.2) is 0 Å². The second-order valence-electron chi connectivity index (χ2n) is 2.46. The van der Waals surface area contributed by atoms with Crippen LogP contribution in [0.2, 0.25) is 0 Å². The summed E-state index contributed by atoms with van der Waals surface area (Å²) in [5.74, 6) is 0. The van der Waals surface area contributed by atoms with E-state index < -0.39 is 0 Å². The second-order valence-corrected chi connectivity index (χ2v) is 2.46. The van der Waals surface area contributed by atoms with Crippen LogP contribution in [-0.2, 0) is 4.74 Å². The molecule has 1 fully saturated rings. The molecule has 54 valence electrons. The summed E-state index contributed by atoms with van der Waals surface area (Å²) in [6.07, 6.45) is 2.92. The summed E-state index contributed by atoms with van der Waals surface area (Å²) in [6, 6.07) is 0. The minimum atomic E-state index is 0.412. The van der Waals surface area contributed by atoms with Gasteiger partial charge in [0.15, 0.2) is 0 Å². The normalized spacial score (nSPS) is 29.3. The number of likely N-dealkylation sites (tertiary alicyclic amines) is 1. The maximum absolute atomic E-state index is 5.24. The highest BCUT2D eigenvalue weighted by atomic mass is 16.5. The fourth-order valence-corrected chi connectivity index (χ4v) is 1.42. The molecule has 0 aliphatic carbocycles. The molecule has 0 aromatic carbocycles. The Morgan fingerprint density at radius 2 is 2.44 bits per heavy atom. The zero-order valence-electron chi connectivity index (χ0n) is 6.26. The minimum Gasteiger partial charge on any atom is -0.366 e. The van der Waals surface area contributed by atoms with E-state index in [-0.39, 0.29) is 0 Å². The van der Waals surface area contributed by atoms with Gasteiger partial charge in [0.1, 0.15) is 6.23 Å². The van der Waals surface area contributed by atoms with E-state index in [4.69, 9.17) is 4.74 Å². The number of ether oxygens (including phenoxy) is 1. The smallest absolute Gasteiger partial charge is 0.110 e. The zero-order valence-corrected chi connectivity index (χ0v) is 6.26. The molecule has 0 saturated carbocycles. The summed E-state index contributed by atoms with van der Waals surface area (Å²) in [5, 5.41) is 0. The molecule has 1 aliphatic heterocycles. The van der Waals surface area contributed by atoms with E-state index in [1.165, 1.54) is 19.4 Å². The summed E-state index contributed by atoms with van der Waals surface area (Å²) < 4.78 is 5.24. The van der Waals surface area contributed by atoms with Gasteiger partial charge in [-0.2, -0.15) is 0 Å². The van der Waals surface area contributed by atoms with E-state index in [0.29, 0.717) is 6.23 Å². The van der Waals surface area contributed by atoms with E-state index in [1.807, 2.05) is 0 Å². The summed E-state index contributed by atoms with van der Waals surface area (Å²) in [4.78, 5) is 2.36. The molecule has 0 bridgehead atoms.